The van der Waals surface area contributed by atoms with Gasteiger partial charge in [-0.15, -0.1) is 0 Å². The van der Waals surface area contributed by atoms with Gasteiger partial charge in [0.1, 0.15) is 8.19 Å². The summed E-state index contributed by atoms with van der Waals surface area (Å²) in [6.45, 7) is 21.7. The van der Waals surface area contributed by atoms with Crippen LogP contribution in [0.4, 0.5) is 0 Å². The fraction of sp³-hybridized carbons (Fsp3) is 1.00. The molecule has 5 N–H and O–H groups in total. The lowest BCUT2D eigenvalue weighted by atomic mass is 10.5. The van der Waals surface area contributed by atoms with Gasteiger partial charge in [-0.3, -0.25) is 4.90 Å². The lowest BCUT2D eigenvalue weighted by molar-refractivity contribution is 0.0374. The van der Waals surface area contributed by atoms with E-state index in [9.17, 15) is 0 Å². The van der Waals surface area contributed by atoms with Crippen molar-refractivity contribution in [2.24, 2.45) is 5.73 Å². The molecule has 1 rings (SSSR count). The van der Waals surface area contributed by atoms with Gasteiger partial charge in [-0.25, -0.2) is 0 Å². The average Bonchev–Trinajstić information content (AvgIpc) is 2.76. The predicted octanol–water partition coefficient (Wildman–Crippen LogP) is 2.12. The van der Waals surface area contributed by atoms with E-state index in [4.69, 9.17) is 50.9 Å². The van der Waals surface area contributed by atoms with Crippen molar-refractivity contribution in [3.05, 3.63) is 0 Å². The zero-order valence-corrected chi connectivity index (χ0v) is 30.4. The molecule has 39 heavy (non-hydrogen) atoms. The van der Waals surface area contributed by atoms with E-state index in [2.05, 4.69) is 10.2 Å². The van der Waals surface area contributed by atoms with E-state index < -0.39 is 51.2 Å². The number of morpholine rings is 1. The van der Waals surface area contributed by atoms with Gasteiger partial charge >= 0.3 is 43.0 Å². The number of nitrogens with one attached hydrogen (secondary N) is 1. The molecular formula is C21H60BN3O8Si6. The Balaban J connectivity index is 0. The molecule has 11 nitrogen and oxygen atoms in total. The third kappa shape index (κ3) is 19.7. The number of rotatable bonds is 20. The van der Waals surface area contributed by atoms with Crippen molar-refractivity contribution >= 4 is 58.7 Å². The SMILES string of the molecule is C.C.[2H]O[Si](C)(C)O[Si](C)(CCCNCCN)O[Si](C)(C)O[Si](CN1CCOCC1)(O[Si]([B])(C)C)O[Si](C)(C)O[2H]. The van der Waals surface area contributed by atoms with Crippen molar-refractivity contribution < 1.29 is 34.9 Å². The van der Waals surface area contributed by atoms with E-state index >= 15 is 0 Å². The first-order valence-corrected chi connectivity index (χ1v) is 29.0. The van der Waals surface area contributed by atoms with E-state index in [0.717, 1.165) is 19.5 Å². The van der Waals surface area contributed by atoms with Gasteiger partial charge in [0.05, 0.1) is 26.8 Å². The third-order valence-electron chi connectivity index (χ3n) is 4.97. The highest BCUT2D eigenvalue weighted by molar-refractivity contribution is 7.14. The van der Waals surface area contributed by atoms with Crippen LogP contribution in [0, 0.1) is 0 Å². The van der Waals surface area contributed by atoms with E-state index in [1.165, 1.54) is 0 Å². The summed E-state index contributed by atoms with van der Waals surface area (Å²) in [6.07, 6.45) is 1.20. The van der Waals surface area contributed by atoms with Gasteiger partial charge in [0, 0.05) is 26.2 Å². The summed E-state index contributed by atoms with van der Waals surface area (Å²) in [7, 11) is -11.4. The fourth-order valence-corrected chi connectivity index (χ4v) is 27.8. The summed E-state index contributed by atoms with van der Waals surface area (Å²) < 4.78 is 54.3. The van der Waals surface area contributed by atoms with Gasteiger partial charge in [0.2, 0.25) is 0 Å². The second kappa shape index (κ2) is 17.3. The van der Waals surface area contributed by atoms with Gasteiger partial charge in [-0.2, -0.15) is 0 Å². The monoisotopic (exact) mass is 663 g/mol. The average molecular weight is 664 g/mol. The lowest BCUT2D eigenvalue weighted by Gasteiger charge is -2.46. The third-order valence-corrected chi connectivity index (χ3v) is 24.2. The zero-order valence-electron chi connectivity index (χ0n) is 26.4. The van der Waals surface area contributed by atoms with Crippen LogP contribution >= 0.6 is 0 Å². The number of hydrogen-bond acceptors (Lipinski definition) is 11. The minimum atomic E-state index is -3.58. The van der Waals surface area contributed by atoms with Crippen LogP contribution in [0.3, 0.4) is 0 Å². The standard InChI is InChI=1S/C19H52BN3O8Si6.2CH4/c1-32(2,20)27-37(29-34(5,6)25,19-23-14-16-26-17-15-23)31-35(7,8)30-36(9,28-33(3,4)24)18-10-12-22-13-11-21;;/h22,24-25H,10-19,21H2,1-9H3;2*1H4/i24D,25D;;. The maximum atomic E-state index is 7.68. The van der Waals surface area contributed by atoms with Crippen LogP contribution < -0.4 is 11.1 Å². The largest absolute Gasteiger partial charge is 0.487 e. The fourth-order valence-electron chi connectivity index (χ4n) is 4.29. The maximum absolute atomic E-state index is 7.68. The molecule has 0 spiro atoms. The molecule has 0 aliphatic carbocycles. The highest BCUT2D eigenvalue weighted by atomic mass is 28.5. The van der Waals surface area contributed by atoms with Gasteiger partial charge in [0.15, 0.2) is 2.86 Å². The molecule has 1 fully saturated rings. The van der Waals surface area contributed by atoms with Crippen molar-refractivity contribution in [1.29, 1.82) is 2.86 Å². The van der Waals surface area contributed by atoms with Crippen molar-refractivity contribution in [2.75, 3.05) is 52.1 Å². The Kier molecular flexibility index (Phi) is 16.8. The highest BCUT2D eigenvalue weighted by Gasteiger charge is 2.55. The van der Waals surface area contributed by atoms with Crippen LogP contribution in [0.25, 0.3) is 0 Å². The van der Waals surface area contributed by atoms with Gasteiger partial charge in [-0.1, -0.05) is 27.9 Å². The molecule has 1 aliphatic heterocycles. The summed E-state index contributed by atoms with van der Waals surface area (Å²) in [6, 6.07) is 0.678. The van der Waals surface area contributed by atoms with Gasteiger partial charge in [-0.05, 0) is 64.8 Å². The highest BCUT2D eigenvalue weighted by Crippen LogP contribution is 2.30. The van der Waals surface area contributed by atoms with E-state index in [-0.39, 0.29) is 14.9 Å². The Bertz CT molecular complexity index is 733. The van der Waals surface area contributed by atoms with Gasteiger partial charge < -0.3 is 46.0 Å². The van der Waals surface area contributed by atoms with Crippen LogP contribution in [-0.4, -0.2) is 128 Å². The predicted molar refractivity (Wildman–Crippen MR) is 175 cm³/mol. The topological polar surface area (TPSA) is 137 Å². The molecule has 1 aliphatic rings. The molecule has 0 saturated carbocycles. The second-order valence-electron chi connectivity index (χ2n) is 11.7. The second-order valence-corrected chi connectivity index (χ2v) is 31.8. The quantitative estimate of drug-likeness (QED) is 0.113. The number of nitrogens with zero attached hydrogens (tertiary/aromatic N) is 1. The molecule has 0 amide bonds. The van der Waals surface area contributed by atoms with E-state index in [1.807, 2.05) is 45.8 Å². The van der Waals surface area contributed by atoms with Crippen LogP contribution in [-0.2, 0) is 25.3 Å². The molecule has 0 bridgehead atoms. The Morgan fingerprint density at radius 3 is 1.95 bits per heavy atom. The molecule has 0 aromatic rings. The molecule has 18 heteroatoms. The first-order valence-electron chi connectivity index (χ1n) is 13.9. The van der Waals surface area contributed by atoms with Crippen LogP contribution in [0.5, 0.6) is 0 Å². The number of nitrogens with two attached hydrogens (primary N) is 1. The van der Waals surface area contributed by atoms with Crippen LogP contribution in [0.15, 0.2) is 0 Å². The van der Waals surface area contributed by atoms with Crippen molar-refractivity contribution in [1.82, 2.24) is 10.2 Å². The molecule has 2 radical (unpaired) electrons. The molecule has 0 aromatic carbocycles. The Hall–Kier alpha value is 0.926. The molecular weight excluding hydrogens is 602 g/mol. The Morgan fingerprint density at radius 2 is 1.44 bits per heavy atom. The van der Waals surface area contributed by atoms with E-state index in [0.29, 0.717) is 45.1 Å². The minimum Gasteiger partial charge on any atom is -0.424 e. The molecule has 2 unspecified atom stereocenters. The van der Waals surface area contributed by atoms with Gasteiger partial charge in [0.25, 0.3) is 0 Å². The lowest BCUT2D eigenvalue weighted by Crippen LogP contribution is -2.69. The number of ether oxygens (including phenoxy) is 1. The zero-order chi connectivity index (χ0) is 30.0. The summed E-state index contributed by atoms with van der Waals surface area (Å²) in [4.78, 5) is 12.3. The normalized spacial score (nSPS) is 19.6. The summed E-state index contributed by atoms with van der Waals surface area (Å²) >= 11 is 0. The number of hydrogen-bond donors (Lipinski definition) is 4. The Morgan fingerprint density at radius 1 is 0.872 bits per heavy atom. The maximum Gasteiger partial charge on any atom is 0.487 e. The van der Waals surface area contributed by atoms with Crippen molar-refractivity contribution in [3.8, 4) is 0 Å². The molecule has 234 valence electrons. The molecule has 1 heterocycles. The molecule has 0 aromatic heterocycles. The van der Waals surface area contributed by atoms with Crippen LogP contribution in [0.2, 0.25) is 65.0 Å². The van der Waals surface area contributed by atoms with E-state index in [1.54, 1.807) is 13.1 Å². The summed E-state index contributed by atoms with van der Waals surface area (Å²) in [5.41, 5.74) is 5.60. The summed E-state index contributed by atoms with van der Waals surface area (Å²) in [5, 5.41) is 3.31. The summed E-state index contributed by atoms with van der Waals surface area (Å²) in [5.74, 6) is 0. The first-order chi connectivity index (χ1) is 17.8. The van der Waals surface area contributed by atoms with Crippen molar-refractivity contribution in [2.45, 2.75) is 86.2 Å². The smallest absolute Gasteiger partial charge is 0.424 e. The molecule has 2 atom stereocenters. The minimum absolute atomic E-state index is 0. The molecule has 1 saturated heterocycles. The Labute approximate surface area is 250 Å². The first kappa shape index (κ1) is 38.0. The van der Waals surface area contributed by atoms with Crippen LogP contribution in [0.1, 0.15) is 21.3 Å². The van der Waals surface area contributed by atoms with Crippen molar-refractivity contribution in [3.63, 3.8) is 0 Å².